The van der Waals surface area contributed by atoms with Crippen LogP contribution < -0.4 is 0 Å². The molecule has 1 nitrogen and oxygen atoms in total. The second-order valence-corrected chi connectivity index (χ2v) is 1.61. The Morgan fingerprint density at radius 3 is 2.90 bits per heavy atom. The Hall–Kier alpha value is -1.73. The quantitative estimate of drug-likeness (QED) is 0.475. The molecule has 1 aromatic rings. The van der Waals surface area contributed by atoms with E-state index in [4.69, 9.17) is 6.42 Å². The van der Waals surface area contributed by atoms with E-state index in [9.17, 15) is 0 Å². The first-order chi connectivity index (χ1) is 4.93. The third kappa shape index (κ3) is 1.65. The lowest BCUT2D eigenvalue weighted by molar-refractivity contribution is 1.29. The van der Waals surface area contributed by atoms with Crippen molar-refractivity contribution in [2.45, 2.75) is 0 Å². The van der Waals surface area contributed by atoms with Crippen molar-refractivity contribution in [3.63, 3.8) is 0 Å². The SMILES string of the molecule is C#CC#Cc1ccccn1. The molecule has 0 aliphatic rings. The minimum Gasteiger partial charge on any atom is -0.248 e. The predicted molar refractivity (Wildman–Crippen MR) is 39.9 cm³/mol. The number of terminal acetylenes is 1. The first kappa shape index (κ1) is 6.39. The van der Waals surface area contributed by atoms with Gasteiger partial charge in [0.15, 0.2) is 0 Å². The Morgan fingerprint density at radius 2 is 2.30 bits per heavy atom. The molecule has 0 N–H and O–H groups in total. The molecule has 0 aromatic carbocycles. The Morgan fingerprint density at radius 1 is 1.40 bits per heavy atom. The maximum Gasteiger partial charge on any atom is 0.114 e. The van der Waals surface area contributed by atoms with Gasteiger partial charge in [-0.15, -0.1) is 6.42 Å². The Labute approximate surface area is 60.1 Å². The van der Waals surface area contributed by atoms with Crippen LogP contribution in [0.15, 0.2) is 24.4 Å². The van der Waals surface area contributed by atoms with E-state index in [-0.39, 0.29) is 0 Å². The van der Waals surface area contributed by atoms with Gasteiger partial charge in [0, 0.05) is 6.20 Å². The lowest BCUT2D eigenvalue weighted by Gasteiger charge is -1.82. The van der Waals surface area contributed by atoms with Crippen molar-refractivity contribution >= 4 is 0 Å². The molecule has 0 bridgehead atoms. The van der Waals surface area contributed by atoms with Crippen molar-refractivity contribution in [2.24, 2.45) is 0 Å². The smallest absolute Gasteiger partial charge is 0.114 e. The summed E-state index contributed by atoms with van der Waals surface area (Å²) in [7, 11) is 0. The van der Waals surface area contributed by atoms with E-state index in [0.717, 1.165) is 0 Å². The highest BCUT2D eigenvalue weighted by Crippen LogP contribution is 1.87. The molecular weight excluding hydrogens is 122 g/mol. The molecule has 0 aliphatic carbocycles. The van der Waals surface area contributed by atoms with Gasteiger partial charge < -0.3 is 0 Å². The van der Waals surface area contributed by atoms with Gasteiger partial charge in [-0.25, -0.2) is 4.98 Å². The molecule has 0 aliphatic heterocycles. The monoisotopic (exact) mass is 127 g/mol. The summed E-state index contributed by atoms with van der Waals surface area (Å²) in [6.45, 7) is 0. The molecule has 1 aromatic heterocycles. The zero-order chi connectivity index (χ0) is 7.23. The summed E-state index contributed by atoms with van der Waals surface area (Å²) in [6, 6.07) is 5.51. The van der Waals surface area contributed by atoms with Crippen LogP contribution in [-0.2, 0) is 0 Å². The standard InChI is InChI=1S/C9H5N/c1-2-3-6-9-7-4-5-8-10-9/h1,4-5,7-8H. The highest BCUT2D eigenvalue weighted by molar-refractivity contribution is 5.33. The van der Waals surface area contributed by atoms with Crippen LogP contribution in [0.3, 0.4) is 0 Å². The molecule has 0 atom stereocenters. The molecule has 0 unspecified atom stereocenters. The van der Waals surface area contributed by atoms with Gasteiger partial charge in [0.2, 0.25) is 0 Å². The Balaban J connectivity index is 2.89. The molecule has 0 saturated carbocycles. The van der Waals surface area contributed by atoms with Gasteiger partial charge >= 0.3 is 0 Å². The van der Waals surface area contributed by atoms with E-state index in [0.29, 0.717) is 5.69 Å². The van der Waals surface area contributed by atoms with E-state index in [1.165, 1.54) is 0 Å². The van der Waals surface area contributed by atoms with Gasteiger partial charge in [0.25, 0.3) is 0 Å². The lowest BCUT2D eigenvalue weighted by atomic mass is 10.3. The van der Waals surface area contributed by atoms with Gasteiger partial charge in [-0.1, -0.05) is 6.07 Å². The minimum absolute atomic E-state index is 0.709. The first-order valence-corrected chi connectivity index (χ1v) is 2.81. The maximum atomic E-state index is 4.92. The van der Waals surface area contributed by atoms with E-state index in [1.807, 2.05) is 18.2 Å². The van der Waals surface area contributed by atoms with Crippen LogP contribution in [0.1, 0.15) is 5.69 Å². The van der Waals surface area contributed by atoms with Crippen LogP contribution in [0, 0.1) is 24.2 Å². The normalized spacial score (nSPS) is 7.10. The van der Waals surface area contributed by atoms with Crippen LogP contribution in [0.2, 0.25) is 0 Å². The second-order valence-electron chi connectivity index (χ2n) is 1.61. The maximum absolute atomic E-state index is 4.92. The number of pyridine rings is 1. The van der Waals surface area contributed by atoms with Crippen LogP contribution in [0.25, 0.3) is 0 Å². The molecule has 10 heavy (non-hydrogen) atoms. The van der Waals surface area contributed by atoms with Crippen LogP contribution in [0.4, 0.5) is 0 Å². The van der Waals surface area contributed by atoms with Crippen molar-refractivity contribution in [3.8, 4) is 24.2 Å². The van der Waals surface area contributed by atoms with Crippen molar-refractivity contribution in [2.75, 3.05) is 0 Å². The highest BCUT2D eigenvalue weighted by atomic mass is 14.6. The molecule has 0 fully saturated rings. The van der Waals surface area contributed by atoms with E-state index >= 15 is 0 Å². The summed E-state index contributed by atoms with van der Waals surface area (Å²) < 4.78 is 0. The van der Waals surface area contributed by atoms with Crippen molar-refractivity contribution in [3.05, 3.63) is 30.1 Å². The molecule has 1 rings (SSSR count). The Kier molecular flexibility index (Phi) is 2.13. The number of hydrogen-bond acceptors (Lipinski definition) is 1. The fraction of sp³-hybridized carbons (Fsp3) is 0. The van der Waals surface area contributed by atoms with Crippen molar-refractivity contribution < 1.29 is 0 Å². The average molecular weight is 127 g/mol. The van der Waals surface area contributed by atoms with Crippen LogP contribution >= 0.6 is 0 Å². The van der Waals surface area contributed by atoms with Gasteiger partial charge in [0.1, 0.15) is 5.69 Å². The van der Waals surface area contributed by atoms with Crippen molar-refractivity contribution in [1.82, 2.24) is 4.98 Å². The zero-order valence-corrected chi connectivity index (χ0v) is 5.33. The zero-order valence-electron chi connectivity index (χ0n) is 5.33. The summed E-state index contributed by atoms with van der Waals surface area (Å²) in [5, 5.41) is 0. The summed E-state index contributed by atoms with van der Waals surface area (Å²) >= 11 is 0. The molecule has 0 saturated heterocycles. The minimum atomic E-state index is 0.709. The van der Waals surface area contributed by atoms with Crippen LogP contribution in [0.5, 0.6) is 0 Å². The van der Waals surface area contributed by atoms with E-state index in [2.05, 4.69) is 22.7 Å². The molecule has 0 amide bonds. The van der Waals surface area contributed by atoms with Gasteiger partial charge in [-0.2, -0.15) is 0 Å². The van der Waals surface area contributed by atoms with Gasteiger partial charge in [0.05, 0.1) is 0 Å². The predicted octanol–water partition coefficient (Wildman–Crippen LogP) is 1.07. The molecule has 0 spiro atoms. The molecule has 1 heteroatoms. The number of nitrogens with zero attached hydrogens (tertiary/aromatic N) is 1. The van der Waals surface area contributed by atoms with Crippen molar-refractivity contribution in [1.29, 1.82) is 0 Å². The third-order valence-electron chi connectivity index (χ3n) is 0.928. The second kappa shape index (κ2) is 3.33. The van der Waals surface area contributed by atoms with Crippen LogP contribution in [-0.4, -0.2) is 4.98 Å². The first-order valence-electron chi connectivity index (χ1n) is 2.81. The largest absolute Gasteiger partial charge is 0.248 e. The van der Waals surface area contributed by atoms with Gasteiger partial charge in [-0.3, -0.25) is 0 Å². The highest BCUT2D eigenvalue weighted by Gasteiger charge is 1.79. The lowest BCUT2D eigenvalue weighted by Crippen LogP contribution is -1.76. The summed E-state index contributed by atoms with van der Waals surface area (Å²) in [5.74, 6) is 7.39. The fourth-order valence-corrected chi connectivity index (χ4v) is 0.537. The average Bonchev–Trinajstić information content (AvgIpc) is 2.03. The Bertz CT molecular complexity index is 295. The summed E-state index contributed by atoms with van der Waals surface area (Å²) in [5.41, 5.74) is 0.709. The van der Waals surface area contributed by atoms with E-state index in [1.54, 1.807) is 6.20 Å². The molecule has 46 valence electrons. The summed E-state index contributed by atoms with van der Waals surface area (Å²) in [6.07, 6.45) is 6.61. The van der Waals surface area contributed by atoms with Gasteiger partial charge in [-0.05, 0) is 29.9 Å². The molecular formula is C9H5N. The number of rotatable bonds is 0. The number of hydrogen-bond donors (Lipinski definition) is 0. The number of aromatic nitrogens is 1. The molecule has 1 heterocycles. The topological polar surface area (TPSA) is 12.9 Å². The third-order valence-corrected chi connectivity index (χ3v) is 0.928. The van der Waals surface area contributed by atoms with E-state index < -0.39 is 0 Å². The summed E-state index contributed by atoms with van der Waals surface area (Å²) in [4.78, 5) is 3.95. The molecule has 0 radical (unpaired) electrons. The fourth-order valence-electron chi connectivity index (χ4n) is 0.537.